The zero-order valence-electron chi connectivity index (χ0n) is 6.19. The second-order valence-corrected chi connectivity index (χ2v) is 2.27. The maximum absolute atomic E-state index is 11.1. The Labute approximate surface area is 65.1 Å². The van der Waals surface area contributed by atoms with E-state index >= 15 is 0 Å². The first-order chi connectivity index (χ1) is 5.29. The standard InChI is InChI=1S/C7H10N2O2/c1-2-8-3-4-9(5-6-10)7(8)11/h2,6H,1,3-5H2. The van der Waals surface area contributed by atoms with Crippen molar-refractivity contribution in [1.82, 2.24) is 9.80 Å². The van der Waals surface area contributed by atoms with Crippen LogP contribution in [-0.4, -0.2) is 41.8 Å². The van der Waals surface area contributed by atoms with Gasteiger partial charge in [0.25, 0.3) is 0 Å². The Hall–Kier alpha value is -1.32. The first kappa shape index (κ1) is 7.78. The summed E-state index contributed by atoms with van der Waals surface area (Å²) in [6, 6.07) is -0.132. The smallest absolute Gasteiger partial charge is 0.316 e. The van der Waals surface area contributed by atoms with Gasteiger partial charge in [0.05, 0.1) is 6.54 Å². The molecule has 1 aliphatic rings. The summed E-state index contributed by atoms with van der Waals surface area (Å²) in [7, 11) is 0. The molecule has 0 bridgehead atoms. The molecule has 60 valence electrons. The van der Waals surface area contributed by atoms with E-state index in [1.54, 1.807) is 0 Å². The van der Waals surface area contributed by atoms with E-state index in [4.69, 9.17) is 0 Å². The molecule has 0 N–H and O–H groups in total. The highest BCUT2D eigenvalue weighted by molar-refractivity contribution is 5.79. The molecule has 0 aliphatic carbocycles. The second-order valence-electron chi connectivity index (χ2n) is 2.27. The van der Waals surface area contributed by atoms with Gasteiger partial charge in [0.15, 0.2) is 0 Å². The fourth-order valence-corrected chi connectivity index (χ4v) is 1.03. The summed E-state index contributed by atoms with van der Waals surface area (Å²) in [5, 5.41) is 0. The van der Waals surface area contributed by atoms with Gasteiger partial charge >= 0.3 is 6.03 Å². The topological polar surface area (TPSA) is 40.6 Å². The zero-order chi connectivity index (χ0) is 8.27. The van der Waals surface area contributed by atoms with E-state index in [9.17, 15) is 9.59 Å². The van der Waals surface area contributed by atoms with Crippen LogP contribution in [0.5, 0.6) is 0 Å². The van der Waals surface area contributed by atoms with E-state index in [0.717, 1.165) is 6.29 Å². The molecule has 1 heterocycles. The highest BCUT2D eigenvalue weighted by atomic mass is 16.2. The number of hydrogen-bond donors (Lipinski definition) is 0. The quantitative estimate of drug-likeness (QED) is 0.539. The van der Waals surface area contributed by atoms with Crippen molar-refractivity contribution in [3.8, 4) is 0 Å². The van der Waals surface area contributed by atoms with Gasteiger partial charge in [-0.25, -0.2) is 4.79 Å². The average molecular weight is 154 g/mol. The molecule has 1 fully saturated rings. The molecule has 2 amide bonds. The Morgan fingerprint density at radius 3 is 2.73 bits per heavy atom. The van der Waals surface area contributed by atoms with Gasteiger partial charge < -0.3 is 9.69 Å². The first-order valence-corrected chi connectivity index (χ1v) is 3.41. The molecule has 0 unspecified atom stereocenters. The number of aldehydes is 1. The molecule has 1 saturated heterocycles. The Kier molecular flexibility index (Phi) is 2.25. The lowest BCUT2D eigenvalue weighted by Gasteiger charge is -2.11. The number of rotatable bonds is 3. The van der Waals surface area contributed by atoms with Crippen LogP contribution < -0.4 is 0 Å². The molecule has 0 saturated carbocycles. The van der Waals surface area contributed by atoms with Crippen molar-refractivity contribution in [2.24, 2.45) is 0 Å². The lowest BCUT2D eigenvalue weighted by Crippen LogP contribution is -2.30. The number of carbonyl (C=O) groups excluding carboxylic acids is 2. The molecule has 0 aromatic carbocycles. The van der Waals surface area contributed by atoms with Gasteiger partial charge in [-0.1, -0.05) is 6.58 Å². The van der Waals surface area contributed by atoms with Crippen LogP contribution in [0.25, 0.3) is 0 Å². The number of nitrogens with zero attached hydrogens (tertiary/aromatic N) is 2. The number of amides is 2. The van der Waals surface area contributed by atoms with Gasteiger partial charge in [0.2, 0.25) is 0 Å². The van der Waals surface area contributed by atoms with Crippen LogP contribution in [0.2, 0.25) is 0 Å². The van der Waals surface area contributed by atoms with Gasteiger partial charge in [0, 0.05) is 19.3 Å². The van der Waals surface area contributed by atoms with E-state index in [0.29, 0.717) is 13.1 Å². The van der Waals surface area contributed by atoms with Gasteiger partial charge in [-0.2, -0.15) is 0 Å². The van der Waals surface area contributed by atoms with Gasteiger partial charge in [-0.3, -0.25) is 4.90 Å². The molecule has 0 spiro atoms. The van der Waals surface area contributed by atoms with Crippen molar-refractivity contribution in [2.75, 3.05) is 19.6 Å². The lowest BCUT2D eigenvalue weighted by atomic mass is 10.6. The molecular weight excluding hydrogens is 144 g/mol. The van der Waals surface area contributed by atoms with Crippen molar-refractivity contribution in [3.05, 3.63) is 12.8 Å². The lowest BCUT2D eigenvalue weighted by molar-refractivity contribution is -0.108. The number of urea groups is 1. The maximum atomic E-state index is 11.1. The van der Waals surface area contributed by atoms with Crippen LogP contribution in [-0.2, 0) is 4.79 Å². The molecule has 11 heavy (non-hydrogen) atoms. The minimum Gasteiger partial charge on any atom is -0.316 e. The predicted octanol–water partition coefficient (Wildman–Crippen LogP) is 0.0664. The third kappa shape index (κ3) is 1.39. The molecule has 4 nitrogen and oxygen atoms in total. The summed E-state index contributed by atoms with van der Waals surface area (Å²) in [4.78, 5) is 24.2. The van der Waals surface area contributed by atoms with Crippen LogP contribution >= 0.6 is 0 Å². The average Bonchev–Trinajstić information content (AvgIpc) is 2.34. The van der Waals surface area contributed by atoms with Crippen LogP contribution in [0.15, 0.2) is 12.8 Å². The zero-order valence-corrected chi connectivity index (χ0v) is 6.19. The van der Waals surface area contributed by atoms with E-state index in [1.807, 2.05) is 0 Å². The monoisotopic (exact) mass is 154 g/mol. The van der Waals surface area contributed by atoms with Crippen molar-refractivity contribution in [2.45, 2.75) is 0 Å². The highest BCUT2D eigenvalue weighted by Crippen LogP contribution is 2.06. The molecule has 0 aromatic rings. The number of hydrogen-bond acceptors (Lipinski definition) is 2. The predicted molar refractivity (Wildman–Crippen MR) is 39.9 cm³/mol. The van der Waals surface area contributed by atoms with Crippen LogP contribution in [0.1, 0.15) is 0 Å². The van der Waals surface area contributed by atoms with Crippen molar-refractivity contribution in [3.63, 3.8) is 0 Å². The van der Waals surface area contributed by atoms with Gasteiger partial charge in [-0.15, -0.1) is 0 Å². The van der Waals surface area contributed by atoms with E-state index in [-0.39, 0.29) is 12.6 Å². The van der Waals surface area contributed by atoms with Crippen molar-refractivity contribution in [1.29, 1.82) is 0 Å². The van der Waals surface area contributed by atoms with Crippen LogP contribution in [0.3, 0.4) is 0 Å². The summed E-state index contributed by atoms with van der Waals surface area (Å²) >= 11 is 0. The normalized spacial score (nSPS) is 17.3. The summed E-state index contributed by atoms with van der Waals surface area (Å²) in [6.45, 7) is 4.91. The van der Waals surface area contributed by atoms with E-state index in [2.05, 4.69) is 6.58 Å². The molecule has 1 rings (SSSR count). The fourth-order valence-electron chi connectivity index (χ4n) is 1.03. The van der Waals surface area contributed by atoms with Crippen molar-refractivity contribution < 1.29 is 9.59 Å². The fraction of sp³-hybridized carbons (Fsp3) is 0.429. The van der Waals surface area contributed by atoms with E-state index < -0.39 is 0 Å². The van der Waals surface area contributed by atoms with Crippen molar-refractivity contribution >= 4 is 12.3 Å². The minimum atomic E-state index is -0.132. The summed E-state index contributed by atoms with van der Waals surface area (Å²) in [6.07, 6.45) is 2.21. The Balaban J connectivity index is 2.55. The summed E-state index contributed by atoms with van der Waals surface area (Å²) in [5.74, 6) is 0. The van der Waals surface area contributed by atoms with Crippen LogP contribution in [0.4, 0.5) is 4.79 Å². The van der Waals surface area contributed by atoms with E-state index in [1.165, 1.54) is 16.0 Å². The molecule has 1 aliphatic heterocycles. The number of carbonyl (C=O) groups is 2. The maximum Gasteiger partial charge on any atom is 0.324 e. The van der Waals surface area contributed by atoms with Gasteiger partial charge in [-0.05, 0) is 0 Å². The highest BCUT2D eigenvalue weighted by Gasteiger charge is 2.25. The Morgan fingerprint density at radius 1 is 1.55 bits per heavy atom. The minimum absolute atomic E-state index is 0.132. The second kappa shape index (κ2) is 3.18. The molecule has 0 atom stereocenters. The molecule has 0 radical (unpaired) electrons. The summed E-state index contributed by atoms with van der Waals surface area (Å²) < 4.78 is 0. The third-order valence-electron chi connectivity index (χ3n) is 1.64. The van der Waals surface area contributed by atoms with Crippen LogP contribution in [0, 0.1) is 0 Å². The third-order valence-corrected chi connectivity index (χ3v) is 1.64. The molecular formula is C7H10N2O2. The first-order valence-electron chi connectivity index (χ1n) is 3.41. The van der Waals surface area contributed by atoms with Gasteiger partial charge in [0.1, 0.15) is 6.29 Å². The SMILES string of the molecule is C=CN1CCN(CC=O)C1=O. The molecule has 0 aromatic heterocycles. The summed E-state index contributed by atoms with van der Waals surface area (Å²) in [5.41, 5.74) is 0. The Bertz CT molecular complexity index is 191. The Morgan fingerprint density at radius 2 is 2.27 bits per heavy atom. The molecule has 4 heteroatoms. The largest absolute Gasteiger partial charge is 0.324 e.